The van der Waals surface area contributed by atoms with E-state index in [-0.39, 0.29) is 29.7 Å². The molecule has 8 heteroatoms. The zero-order valence-electron chi connectivity index (χ0n) is 28.5. The number of carbonyl (C=O) groups excluding carboxylic acids is 3. The molecule has 46 heavy (non-hydrogen) atoms. The van der Waals surface area contributed by atoms with Crippen LogP contribution in [0.2, 0.25) is 0 Å². The molecule has 0 aromatic heterocycles. The van der Waals surface area contributed by atoms with Crippen molar-refractivity contribution in [1.82, 2.24) is 10.2 Å². The summed E-state index contributed by atoms with van der Waals surface area (Å²) >= 11 is 0. The number of rotatable bonds is 9. The van der Waals surface area contributed by atoms with Gasteiger partial charge in [0.25, 0.3) is 11.8 Å². The molecule has 3 N–H and O–H groups in total. The lowest BCUT2D eigenvalue weighted by atomic mass is 9.82. The Morgan fingerprint density at radius 3 is 2.00 bits per heavy atom. The van der Waals surface area contributed by atoms with Gasteiger partial charge in [-0.15, -0.1) is 0 Å². The van der Waals surface area contributed by atoms with Gasteiger partial charge in [0, 0.05) is 23.5 Å². The average molecular weight is 626 g/mol. The third kappa shape index (κ3) is 9.05. The Bertz CT molecular complexity index is 1540. The Balaban J connectivity index is 0.000000738. The van der Waals surface area contributed by atoms with Crippen LogP contribution in [0.3, 0.4) is 0 Å². The standard InChI is InChI=1S/C33H40N4O2.C5H10O2/c1-23(2)18-19-33(26-14-10-7-11-15-26)30(39)37(31(34)36-33)22-25-16-17-28(32(3,4)5)27(20-25)29(38)35-21-24-12-8-6-9-13-24;1-5(2,3)4(6)7/h6-17,20,23H,18-19,21-22H2,1-5H3,(H2,34,36)(H,35,38);1-3H3,(H,6,7)/p-1/t33-;/m1./s1. The van der Waals surface area contributed by atoms with Crippen molar-refractivity contribution in [3.63, 3.8) is 0 Å². The van der Waals surface area contributed by atoms with Gasteiger partial charge in [0.2, 0.25) is 0 Å². The normalized spacial score (nSPS) is 16.5. The van der Waals surface area contributed by atoms with Gasteiger partial charge in [-0.2, -0.15) is 0 Å². The van der Waals surface area contributed by atoms with E-state index in [0.717, 1.165) is 28.7 Å². The molecule has 0 unspecified atom stereocenters. The summed E-state index contributed by atoms with van der Waals surface area (Å²) in [5, 5.41) is 13.0. The van der Waals surface area contributed by atoms with Gasteiger partial charge in [-0.25, -0.2) is 4.99 Å². The maximum Gasteiger partial charge on any atom is 0.262 e. The Labute approximate surface area is 274 Å². The minimum Gasteiger partial charge on any atom is -0.550 e. The van der Waals surface area contributed by atoms with E-state index >= 15 is 0 Å². The number of guanidine groups is 1. The van der Waals surface area contributed by atoms with Gasteiger partial charge in [0.15, 0.2) is 11.5 Å². The highest BCUT2D eigenvalue weighted by Gasteiger charge is 2.48. The Hall–Kier alpha value is -4.46. The molecule has 0 spiro atoms. The second kappa shape index (κ2) is 14.8. The van der Waals surface area contributed by atoms with Gasteiger partial charge < -0.3 is 21.0 Å². The molecule has 2 amide bonds. The van der Waals surface area contributed by atoms with Gasteiger partial charge >= 0.3 is 0 Å². The number of carboxylic acids is 1. The van der Waals surface area contributed by atoms with E-state index in [1.165, 1.54) is 0 Å². The van der Waals surface area contributed by atoms with E-state index in [2.05, 4.69) is 39.9 Å². The van der Waals surface area contributed by atoms with Crippen LogP contribution in [0.25, 0.3) is 0 Å². The molecule has 1 aliphatic heterocycles. The van der Waals surface area contributed by atoms with Gasteiger partial charge in [-0.3, -0.25) is 14.5 Å². The SMILES string of the molecule is CC(C)(C)C(=O)[O-].CC(C)CC[C@]1(c2ccccc2)N=C(N)N(Cc2ccc(C(C)(C)C)c(C(=O)NCc3ccccc3)c2)C1=O. The third-order valence-electron chi connectivity index (χ3n) is 7.90. The first-order valence-corrected chi connectivity index (χ1v) is 15.9. The molecule has 0 saturated heterocycles. The van der Waals surface area contributed by atoms with Gasteiger partial charge in [0.05, 0.1) is 6.54 Å². The van der Waals surface area contributed by atoms with Crippen LogP contribution < -0.4 is 16.2 Å². The quantitative estimate of drug-likeness (QED) is 0.316. The summed E-state index contributed by atoms with van der Waals surface area (Å²) in [5.41, 5.74) is 8.72. The summed E-state index contributed by atoms with van der Waals surface area (Å²) in [4.78, 5) is 43.7. The summed E-state index contributed by atoms with van der Waals surface area (Å²) in [7, 11) is 0. The van der Waals surface area contributed by atoms with Crippen molar-refractivity contribution in [2.24, 2.45) is 22.1 Å². The summed E-state index contributed by atoms with van der Waals surface area (Å²) in [6.45, 7) is 16.0. The molecule has 8 nitrogen and oxygen atoms in total. The highest BCUT2D eigenvalue weighted by atomic mass is 16.4. The predicted molar refractivity (Wildman–Crippen MR) is 182 cm³/mol. The molecule has 3 aromatic carbocycles. The van der Waals surface area contributed by atoms with E-state index in [0.29, 0.717) is 24.4 Å². The van der Waals surface area contributed by atoms with Crippen molar-refractivity contribution in [2.45, 2.75) is 92.3 Å². The summed E-state index contributed by atoms with van der Waals surface area (Å²) in [5.74, 6) is -0.641. The molecule has 1 aliphatic rings. The minimum absolute atomic E-state index is 0.123. The Morgan fingerprint density at radius 2 is 1.48 bits per heavy atom. The lowest BCUT2D eigenvalue weighted by molar-refractivity contribution is -0.316. The van der Waals surface area contributed by atoms with E-state index < -0.39 is 16.9 Å². The number of amides is 2. The second-order valence-corrected chi connectivity index (χ2v) is 14.4. The molecule has 246 valence electrons. The number of nitrogens with one attached hydrogen (secondary N) is 1. The van der Waals surface area contributed by atoms with Crippen LogP contribution >= 0.6 is 0 Å². The number of nitrogens with zero attached hydrogens (tertiary/aromatic N) is 2. The predicted octanol–water partition coefficient (Wildman–Crippen LogP) is 5.69. The smallest absolute Gasteiger partial charge is 0.262 e. The molecule has 0 saturated carbocycles. The molecule has 0 fully saturated rings. The zero-order chi connectivity index (χ0) is 34.3. The Kier molecular flexibility index (Phi) is 11.6. The fraction of sp³-hybridized carbons (Fsp3) is 0.421. The zero-order valence-corrected chi connectivity index (χ0v) is 28.5. The fourth-order valence-electron chi connectivity index (χ4n) is 5.08. The first-order valence-electron chi connectivity index (χ1n) is 15.9. The van der Waals surface area contributed by atoms with Crippen LogP contribution in [0.1, 0.15) is 101 Å². The molecule has 0 bridgehead atoms. The molecular weight excluding hydrogens is 576 g/mol. The topological polar surface area (TPSA) is 128 Å². The van der Waals surface area contributed by atoms with Gasteiger partial charge in [-0.1, -0.05) is 128 Å². The monoisotopic (exact) mass is 625 g/mol. The molecule has 1 atom stereocenters. The highest BCUT2D eigenvalue weighted by molar-refractivity contribution is 6.07. The Morgan fingerprint density at radius 1 is 0.913 bits per heavy atom. The van der Waals surface area contributed by atoms with Crippen molar-refractivity contribution in [1.29, 1.82) is 0 Å². The van der Waals surface area contributed by atoms with Gasteiger partial charge in [0.1, 0.15) is 0 Å². The highest BCUT2D eigenvalue weighted by Crippen LogP contribution is 2.39. The molecular formula is C38H49N4O4-. The number of carbonyl (C=O) groups is 3. The lowest BCUT2D eigenvalue weighted by Gasteiger charge is -2.28. The number of carboxylic acid groups (broad SMARTS) is 1. The largest absolute Gasteiger partial charge is 0.550 e. The van der Waals surface area contributed by atoms with Crippen molar-refractivity contribution >= 4 is 23.7 Å². The first kappa shape index (κ1) is 36.0. The van der Waals surface area contributed by atoms with Crippen LogP contribution in [0.15, 0.2) is 83.9 Å². The molecule has 1 heterocycles. The summed E-state index contributed by atoms with van der Waals surface area (Å²) in [6.07, 6.45) is 1.43. The summed E-state index contributed by atoms with van der Waals surface area (Å²) in [6, 6.07) is 25.4. The first-order chi connectivity index (χ1) is 21.5. The van der Waals surface area contributed by atoms with Crippen molar-refractivity contribution in [3.8, 4) is 0 Å². The number of nitrogens with two attached hydrogens (primary N) is 1. The van der Waals surface area contributed by atoms with Crippen LogP contribution in [-0.4, -0.2) is 28.6 Å². The van der Waals surface area contributed by atoms with E-state index in [1.807, 2.05) is 78.9 Å². The molecule has 0 radical (unpaired) electrons. The number of aliphatic carboxylic acids is 1. The van der Waals surface area contributed by atoms with Gasteiger partial charge in [-0.05, 0) is 52.5 Å². The molecule has 3 aromatic rings. The van der Waals surface area contributed by atoms with Crippen LogP contribution in [0.4, 0.5) is 0 Å². The number of hydrogen-bond acceptors (Lipinski definition) is 6. The third-order valence-corrected chi connectivity index (χ3v) is 7.90. The van der Waals surface area contributed by atoms with Crippen molar-refractivity contribution in [3.05, 3.63) is 107 Å². The van der Waals surface area contributed by atoms with E-state index in [9.17, 15) is 19.5 Å². The van der Waals surface area contributed by atoms with E-state index in [4.69, 9.17) is 10.7 Å². The number of hydrogen-bond donors (Lipinski definition) is 2. The van der Waals surface area contributed by atoms with Crippen LogP contribution in [0.5, 0.6) is 0 Å². The van der Waals surface area contributed by atoms with Crippen LogP contribution in [0, 0.1) is 11.3 Å². The maximum atomic E-state index is 14.0. The summed E-state index contributed by atoms with van der Waals surface area (Å²) < 4.78 is 0. The maximum absolute atomic E-state index is 14.0. The van der Waals surface area contributed by atoms with Crippen LogP contribution in [-0.2, 0) is 33.6 Å². The number of benzene rings is 3. The van der Waals surface area contributed by atoms with E-state index in [1.54, 1.807) is 25.7 Å². The minimum atomic E-state index is -1.03. The second-order valence-electron chi connectivity index (χ2n) is 14.4. The lowest BCUT2D eigenvalue weighted by Crippen LogP contribution is -2.42. The number of aliphatic imine (C=N–C) groups is 1. The van der Waals surface area contributed by atoms with Crippen molar-refractivity contribution in [2.75, 3.05) is 0 Å². The molecule has 0 aliphatic carbocycles. The van der Waals surface area contributed by atoms with Crippen molar-refractivity contribution < 1.29 is 19.5 Å². The average Bonchev–Trinajstić information content (AvgIpc) is 3.24. The molecule has 4 rings (SSSR count). The fourth-order valence-corrected chi connectivity index (χ4v) is 5.08.